The molecule has 2 aliphatic rings. The van der Waals surface area contributed by atoms with Crippen molar-refractivity contribution in [1.29, 1.82) is 0 Å². The Morgan fingerprint density at radius 2 is 2.25 bits per heavy atom. The van der Waals surface area contributed by atoms with Crippen molar-refractivity contribution >= 4 is 17.5 Å². The lowest BCUT2D eigenvalue weighted by Crippen LogP contribution is -2.32. The number of hydrogen-bond donors (Lipinski definition) is 1. The van der Waals surface area contributed by atoms with Gasteiger partial charge in [-0.25, -0.2) is 4.79 Å². The van der Waals surface area contributed by atoms with Gasteiger partial charge in [-0.1, -0.05) is 0 Å². The molecule has 5 nitrogen and oxygen atoms in total. The molecule has 2 rings (SSSR count). The molecule has 1 aliphatic heterocycles. The van der Waals surface area contributed by atoms with Crippen LogP contribution in [0.15, 0.2) is 28.5 Å². The maximum absolute atomic E-state index is 11.5. The van der Waals surface area contributed by atoms with Crippen LogP contribution >= 0.6 is 0 Å². The first-order chi connectivity index (χ1) is 7.46. The topological polar surface area (TPSA) is 76.0 Å². The van der Waals surface area contributed by atoms with Crippen LogP contribution < -0.4 is 0 Å². The number of aliphatic hydroxyl groups excluding tert-OH is 1. The highest BCUT2D eigenvalue weighted by Gasteiger charge is 2.42. The van der Waals surface area contributed by atoms with Gasteiger partial charge in [0, 0.05) is 12.5 Å². The maximum atomic E-state index is 11.5. The van der Waals surface area contributed by atoms with Crippen LogP contribution in [0.4, 0.5) is 0 Å². The lowest BCUT2D eigenvalue weighted by molar-refractivity contribution is -0.145. The molecule has 0 saturated carbocycles. The van der Waals surface area contributed by atoms with Crippen LogP contribution in [-0.2, 0) is 14.3 Å². The number of ether oxygens (including phenoxy) is 1. The molecule has 0 fully saturated rings. The predicted octanol–water partition coefficient (Wildman–Crippen LogP) is 0.714. The van der Waals surface area contributed by atoms with Gasteiger partial charge in [-0.3, -0.25) is 9.79 Å². The average molecular weight is 221 g/mol. The number of carbonyl (C=O) groups excluding carboxylic acids is 2. The van der Waals surface area contributed by atoms with E-state index in [0.29, 0.717) is 17.7 Å². The summed E-state index contributed by atoms with van der Waals surface area (Å²) >= 11 is 0. The van der Waals surface area contributed by atoms with Gasteiger partial charge in [-0.2, -0.15) is 0 Å². The van der Waals surface area contributed by atoms with E-state index in [4.69, 9.17) is 0 Å². The number of esters is 1. The Labute approximate surface area is 92.1 Å². The molecule has 1 unspecified atom stereocenters. The van der Waals surface area contributed by atoms with E-state index in [-0.39, 0.29) is 5.76 Å². The number of hydrogen-bond acceptors (Lipinski definition) is 5. The summed E-state index contributed by atoms with van der Waals surface area (Å²) in [6.07, 6.45) is 2.92. The lowest BCUT2D eigenvalue weighted by atomic mass is 9.93. The van der Waals surface area contributed by atoms with Gasteiger partial charge in [0.1, 0.15) is 0 Å². The summed E-state index contributed by atoms with van der Waals surface area (Å²) in [7, 11) is 1.29. The molecule has 0 aromatic rings. The summed E-state index contributed by atoms with van der Waals surface area (Å²) < 4.78 is 4.66. The number of carbonyl (C=O) groups is 2. The highest BCUT2D eigenvalue weighted by Crippen LogP contribution is 2.33. The zero-order valence-corrected chi connectivity index (χ0v) is 8.98. The van der Waals surface area contributed by atoms with E-state index < -0.39 is 17.3 Å². The normalized spacial score (nSPS) is 27.9. The van der Waals surface area contributed by atoms with Crippen molar-refractivity contribution in [3.05, 3.63) is 23.5 Å². The van der Waals surface area contributed by atoms with Gasteiger partial charge >= 0.3 is 5.97 Å². The van der Waals surface area contributed by atoms with E-state index in [2.05, 4.69) is 9.73 Å². The molecule has 0 aromatic carbocycles. The van der Waals surface area contributed by atoms with Crippen molar-refractivity contribution in [2.45, 2.75) is 18.9 Å². The first kappa shape index (κ1) is 10.6. The molecule has 1 aliphatic carbocycles. The monoisotopic (exact) mass is 221 g/mol. The van der Waals surface area contributed by atoms with Gasteiger partial charge in [0.25, 0.3) is 0 Å². The van der Waals surface area contributed by atoms with Crippen LogP contribution in [-0.4, -0.2) is 35.2 Å². The Bertz CT molecular complexity index is 472. The summed E-state index contributed by atoms with van der Waals surface area (Å²) in [4.78, 5) is 26.9. The fourth-order valence-corrected chi connectivity index (χ4v) is 1.86. The van der Waals surface area contributed by atoms with E-state index in [0.717, 1.165) is 0 Å². The minimum Gasteiger partial charge on any atom is -0.504 e. The molecule has 0 bridgehead atoms. The first-order valence-electron chi connectivity index (χ1n) is 4.80. The highest BCUT2D eigenvalue weighted by atomic mass is 16.5. The number of ketones is 1. The van der Waals surface area contributed by atoms with E-state index in [1.807, 2.05) is 0 Å². The molecular formula is C11H11NO4. The van der Waals surface area contributed by atoms with Crippen LogP contribution in [0.25, 0.3) is 0 Å². The summed E-state index contributed by atoms with van der Waals surface area (Å²) in [5, 5.41) is 9.26. The lowest BCUT2D eigenvalue weighted by Gasteiger charge is -2.16. The number of aliphatic imine (C=N–C) groups is 1. The molecule has 0 amide bonds. The smallest absolute Gasteiger partial charge is 0.333 e. The number of methoxy groups -OCH3 is 1. The fraction of sp³-hybridized carbons (Fsp3) is 0.364. The molecule has 0 saturated heterocycles. The van der Waals surface area contributed by atoms with Crippen molar-refractivity contribution < 1.29 is 19.4 Å². The van der Waals surface area contributed by atoms with Gasteiger partial charge in [0.15, 0.2) is 11.3 Å². The number of nitrogens with zero attached hydrogens (tertiary/aromatic N) is 1. The van der Waals surface area contributed by atoms with Crippen molar-refractivity contribution in [1.82, 2.24) is 0 Å². The molecule has 84 valence electrons. The zero-order valence-electron chi connectivity index (χ0n) is 8.98. The number of rotatable bonds is 1. The molecule has 0 aromatic heterocycles. The van der Waals surface area contributed by atoms with Crippen LogP contribution in [0, 0.1) is 0 Å². The van der Waals surface area contributed by atoms with Crippen molar-refractivity contribution in [3.63, 3.8) is 0 Å². The molecule has 1 heterocycles. The Kier molecular flexibility index (Phi) is 2.18. The molecule has 5 heteroatoms. The average Bonchev–Trinajstić information content (AvgIpc) is 2.55. The van der Waals surface area contributed by atoms with E-state index in [1.54, 1.807) is 6.92 Å². The standard InChI is InChI=1S/C11H11NO4/c1-11(10(15)16-2)5-6-3-8(13)9(14)4-7(6)12-11/h3-4,14H,5H2,1-2H3. The molecule has 1 N–H and O–H groups in total. The third kappa shape index (κ3) is 1.44. The molecule has 0 spiro atoms. The molecule has 16 heavy (non-hydrogen) atoms. The number of allylic oxidation sites excluding steroid dienone is 2. The summed E-state index contributed by atoms with van der Waals surface area (Å²) in [5.41, 5.74) is 0.151. The minimum absolute atomic E-state index is 0.324. The third-order valence-electron chi connectivity index (χ3n) is 2.69. The third-order valence-corrected chi connectivity index (χ3v) is 2.69. The summed E-state index contributed by atoms with van der Waals surface area (Å²) in [6, 6.07) is 0. The van der Waals surface area contributed by atoms with Crippen molar-refractivity contribution in [2.75, 3.05) is 7.11 Å². The second kappa shape index (κ2) is 3.30. The number of aliphatic hydroxyl groups is 1. The second-order valence-corrected chi connectivity index (χ2v) is 4.00. The van der Waals surface area contributed by atoms with E-state index in [1.165, 1.54) is 19.3 Å². The molecule has 1 atom stereocenters. The Morgan fingerprint density at radius 1 is 1.56 bits per heavy atom. The summed E-state index contributed by atoms with van der Waals surface area (Å²) in [6.45, 7) is 1.64. The van der Waals surface area contributed by atoms with Crippen LogP contribution in [0.3, 0.4) is 0 Å². The Hall–Kier alpha value is -1.91. The first-order valence-corrected chi connectivity index (χ1v) is 4.80. The SMILES string of the molecule is COC(=O)C1(C)CC2=CC(=O)C(O)=CC2=N1. The largest absolute Gasteiger partial charge is 0.504 e. The quantitative estimate of drug-likeness (QED) is 0.522. The van der Waals surface area contributed by atoms with Crippen LogP contribution in [0.1, 0.15) is 13.3 Å². The van der Waals surface area contributed by atoms with E-state index in [9.17, 15) is 14.7 Å². The van der Waals surface area contributed by atoms with Gasteiger partial charge in [-0.15, -0.1) is 0 Å². The van der Waals surface area contributed by atoms with E-state index >= 15 is 0 Å². The zero-order chi connectivity index (χ0) is 11.9. The minimum atomic E-state index is -0.989. The molecular weight excluding hydrogens is 210 g/mol. The van der Waals surface area contributed by atoms with Crippen molar-refractivity contribution in [3.8, 4) is 0 Å². The van der Waals surface area contributed by atoms with Gasteiger partial charge in [0.05, 0.1) is 12.8 Å². The second-order valence-electron chi connectivity index (χ2n) is 4.00. The summed E-state index contributed by atoms with van der Waals surface area (Å²) in [5.74, 6) is -1.25. The van der Waals surface area contributed by atoms with Crippen LogP contribution in [0.2, 0.25) is 0 Å². The fourth-order valence-electron chi connectivity index (χ4n) is 1.86. The van der Waals surface area contributed by atoms with Gasteiger partial charge < -0.3 is 9.84 Å². The maximum Gasteiger partial charge on any atom is 0.333 e. The van der Waals surface area contributed by atoms with Crippen molar-refractivity contribution in [2.24, 2.45) is 4.99 Å². The van der Waals surface area contributed by atoms with Gasteiger partial charge in [0.2, 0.25) is 5.78 Å². The predicted molar refractivity (Wildman–Crippen MR) is 56.3 cm³/mol. The van der Waals surface area contributed by atoms with Gasteiger partial charge in [-0.05, 0) is 18.6 Å². The Morgan fingerprint density at radius 3 is 2.88 bits per heavy atom. The molecule has 0 radical (unpaired) electrons. The van der Waals surface area contributed by atoms with Crippen LogP contribution in [0.5, 0.6) is 0 Å². The number of fused-ring (bicyclic) bond motifs is 1. The highest BCUT2D eigenvalue weighted by molar-refractivity contribution is 6.23. The Balaban J connectivity index is 2.40.